The molecule has 2 aliphatic rings. The van der Waals surface area contributed by atoms with Crippen LogP contribution in [0, 0.1) is 0 Å². The molecular formula is C15H18N4O4S. The molecule has 2 fully saturated rings. The van der Waals surface area contributed by atoms with Gasteiger partial charge >= 0.3 is 12.2 Å². The van der Waals surface area contributed by atoms with Gasteiger partial charge in [-0.15, -0.1) is 0 Å². The molecule has 3 rings (SSSR count). The fraction of sp³-hybridized carbons (Fsp3) is 0.400. The number of anilines is 2. The molecule has 2 N–H and O–H groups in total. The highest BCUT2D eigenvalue weighted by Gasteiger charge is 2.32. The number of ether oxygens (including phenoxy) is 2. The molecule has 128 valence electrons. The molecule has 2 amide bonds. The summed E-state index contributed by atoms with van der Waals surface area (Å²) in [5.74, 6) is 0. The fourth-order valence-electron chi connectivity index (χ4n) is 2.57. The van der Waals surface area contributed by atoms with Crippen molar-refractivity contribution in [3.8, 4) is 0 Å². The third-order valence-electron chi connectivity index (χ3n) is 3.83. The van der Waals surface area contributed by atoms with Gasteiger partial charge in [0.05, 0.1) is 19.6 Å². The fourth-order valence-corrected chi connectivity index (χ4v) is 2.66. The highest BCUT2D eigenvalue weighted by Crippen LogP contribution is 2.26. The molecule has 24 heavy (non-hydrogen) atoms. The summed E-state index contributed by atoms with van der Waals surface area (Å²) in [7, 11) is 1.72. The number of nitrogens with one attached hydrogen (secondary N) is 2. The van der Waals surface area contributed by atoms with E-state index >= 15 is 0 Å². The van der Waals surface area contributed by atoms with Crippen LogP contribution in [0.15, 0.2) is 24.3 Å². The maximum absolute atomic E-state index is 12.0. The van der Waals surface area contributed by atoms with Crippen LogP contribution in [-0.2, 0) is 9.47 Å². The number of carbonyl (C=O) groups excluding carboxylic acids is 2. The van der Waals surface area contributed by atoms with E-state index in [-0.39, 0.29) is 12.2 Å². The van der Waals surface area contributed by atoms with Gasteiger partial charge in [0.15, 0.2) is 5.11 Å². The van der Waals surface area contributed by atoms with Crippen LogP contribution in [0.4, 0.5) is 21.0 Å². The Balaban J connectivity index is 1.63. The quantitative estimate of drug-likeness (QED) is 0.786. The first-order valence-corrected chi connectivity index (χ1v) is 7.97. The third kappa shape index (κ3) is 3.35. The van der Waals surface area contributed by atoms with Crippen LogP contribution in [0.25, 0.3) is 0 Å². The van der Waals surface area contributed by atoms with E-state index in [0.29, 0.717) is 31.4 Å². The summed E-state index contributed by atoms with van der Waals surface area (Å²) in [6.07, 6.45) is -1.03. The van der Waals surface area contributed by atoms with Crippen LogP contribution in [-0.4, -0.2) is 56.7 Å². The average Bonchev–Trinajstić information content (AvgIpc) is 3.18. The van der Waals surface area contributed by atoms with Gasteiger partial charge in [0.2, 0.25) is 0 Å². The first kappa shape index (κ1) is 16.3. The van der Waals surface area contributed by atoms with Crippen LogP contribution < -0.4 is 20.4 Å². The SMILES string of the molecule is CNC(=S)NCC1CN(c2ccc(N3CCOC3=O)cc2)C(=O)O1. The van der Waals surface area contributed by atoms with E-state index in [1.54, 1.807) is 41.1 Å². The molecule has 0 aromatic heterocycles. The Hall–Kier alpha value is -2.55. The molecule has 9 heteroatoms. The lowest BCUT2D eigenvalue weighted by Gasteiger charge is -2.16. The van der Waals surface area contributed by atoms with Crippen molar-refractivity contribution in [1.29, 1.82) is 0 Å². The van der Waals surface area contributed by atoms with Crippen LogP contribution in [0.3, 0.4) is 0 Å². The number of hydrogen-bond donors (Lipinski definition) is 2. The van der Waals surface area contributed by atoms with E-state index in [4.69, 9.17) is 21.7 Å². The lowest BCUT2D eigenvalue weighted by Crippen LogP contribution is -2.39. The second kappa shape index (κ2) is 6.91. The molecule has 8 nitrogen and oxygen atoms in total. The van der Waals surface area contributed by atoms with Crippen LogP contribution in [0.2, 0.25) is 0 Å². The Kier molecular flexibility index (Phi) is 4.70. The van der Waals surface area contributed by atoms with Crippen molar-refractivity contribution in [3.05, 3.63) is 24.3 Å². The van der Waals surface area contributed by atoms with Crippen molar-refractivity contribution in [2.24, 2.45) is 0 Å². The van der Waals surface area contributed by atoms with Gasteiger partial charge in [0, 0.05) is 18.4 Å². The van der Waals surface area contributed by atoms with Gasteiger partial charge in [0.1, 0.15) is 12.7 Å². The van der Waals surface area contributed by atoms with Gasteiger partial charge in [-0.1, -0.05) is 0 Å². The first-order valence-electron chi connectivity index (χ1n) is 7.56. The summed E-state index contributed by atoms with van der Waals surface area (Å²) >= 11 is 5.00. The van der Waals surface area contributed by atoms with E-state index in [0.717, 1.165) is 11.4 Å². The zero-order valence-electron chi connectivity index (χ0n) is 13.2. The maximum atomic E-state index is 12.0. The number of cyclic esters (lactones) is 2. The van der Waals surface area contributed by atoms with Gasteiger partial charge in [0.25, 0.3) is 0 Å². The molecule has 0 aliphatic carbocycles. The molecule has 1 aromatic rings. The molecule has 0 bridgehead atoms. The molecule has 0 spiro atoms. The van der Waals surface area contributed by atoms with Gasteiger partial charge in [-0.25, -0.2) is 9.59 Å². The molecule has 1 atom stereocenters. The molecule has 2 aliphatic heterocycles. The Morgan fingerprint density at radius 2 is 1.88 bits per heavy atom. The minimum Gasteiger partial charge on any atom is -0.447 e. The minimum atomic E-state index is -0.398. The molecular weight excluding hydrogens is 332 g/mol. The number of carbonyl (C=O) groups is 2. The van der Waals surface area contributed by atoms with Crippen LogP contribution in [0.1, 0.15) is 0 Å². The Morgan fingerprint density at radius 1 is 1.21 bits per heavy atom. The number of hydrogen-bond acceptors (Lipinski definition) is 5. The van der Waals surface area contributed by atoms with Crippen molar-refractivity contribution < 1.29 is 19.1 Å². The van der Waals surface area contributed by atoms with Gasteiger partial charge in [-0.3, -0.25) is 9.80 Å². The van der Waals surface area contributed by atoms with Gasteiger partial charge < -0.3 is 20.1 Å². The van der Waals surface area contributed by atoms with Crippen molar-refractivity contribution in [2.45, 2.75) is 6.10 Å². The van der Waals surface area contributed by atoms with E-state index in [9.17, 15) is 9.59 Å². The lowest BCUT2D eigenvalue weighted by molar-refractivity contribution is 0.143. The van der Waals surface area contributed by atoms with Gasteiger partial charge in [-0.05, 0) is 36.5 Å². The van der Waals surface area contributed by atoms with Crippen molar-refractivity contribution in [1.82, 2.24) is 10.6 Å². The molecule has 1 unspecified atom stereocenters. The number of thiocarbonyl (C=S) groups is 1. The summed E-state index contributed by atoms with van der Waals surface area (Å²) < 4.78 is 10.2. The number of nitrogens with zero attached hydrogens (tertiary/aromatic N) is 2. The average molecular weight is 350 g/mol. The number of benzene rings is 1. The van der Waals surface area contributed by atoms with Crippen molar-refractivity contribution >= 4 is 40.9 Å². The second-order valence-electron chi connectivity index (χ2n) is 5.36. The summed E-state index contributed by atoms with van der Waals surface area (Å²) in [4.78, 5) is 26.7. The minimum absolute atomic E-state index is 0.281. The number of amides is 2. The first-order chi connectivity index (χ1) is 11.6. The zero-order valence-corrected chi connectivity index (χ0v) is 14.0. The third-order valence-corrected chi connectivity index (χ3v) is 4.17. The smallest absolute Gasteiger partial charge is 0.414 e. The Labute approximate surface area is 144 Å². The highest BCUT2D eigenvalue weighted by atomic mass is 32.1. The summed E-state index contributed by atoms with van der Waals surface area (Å²) in [6, 6.07) is 7.15. The monoisotopic (exact) mass is 350 g/mol. The lowest BCUT2D eigenvalue weighted by atomic mass is 10.2. The highest BCUT2D eigenvalue weighted by molar-refractivity contribution is 7.80. The topological polar surface area (TPSA) is 83.1 Å². The Bertz CT molecular complexity index is 651. The summed E-state index contributed by atoms with van der Waals surface area (Å²) in [5, 5.41) is 6.29. The van der Waals surface area contributed by atoms with Crippen LogP contribution >= 0.6 is 12.2 Å². The summed E-state index contributed by atoms with van der Waals surface area (Å²) in [5.41, 5.74) is 1.46. The predicted molar refractivity (Wildman–Crippen MR) is 92.4 cm³/mol. The molecule has 1 aromatic carbocycles. The van der Waals surface area contributed by atoms with E-state index in [1.807, 2.05) is 0 Å². The van der Waals surface area contributed by atoms with E-state index < -0.39 is 6.09 Å². The maximum Gasteiger partial charge on any atom is 0.414 e. The largest absolute Gasteiger partial charge is 0.447 e. The van der Waals surface area contributed by atoms with E-state index in [1.165, 1.54) is 0 Å². The van der Waals surface area contributed by atoms with Gasteiger partial charge in [-0.2, -0.15) is 0 Å². The molecule has 0 radical (unpaired) electrons. The predicted octanol–water partition coefficient (Wildman–Crippen LogP) is 1.06. The van der Waals surface area contributed by atoms with E-state index in [2.05, 4.69) is 10.6 Å². The Morgan fingerprint density at radius 3 is 2.46 bits per heavy atom. The zero-order chi connectivity index (χ0) is 17.1. The molecule has 2 heterocycles. The normalized spacial score (nSPS) is 20.0. The second-order valence-corrected chi connectivity index (χ2v) is 5.77. The summed E-state index contributed by atoms with van der Waals surface area (Å²) in [6.45, 7) is 1.80. The molecule has 2 saturated heterocycles. The molecule has 0 saturated carbocycles. The van der Waals surface area contributed by atoms with Crippen molar-refractivity contribution in [3.63, 3.8) is 0 Å². The standard InChI is InChI=1S/C15H18N4O4S/c1-16-13(24)17-8-12-9-19(15(21)23-12)11-4-2-10(3-5-11)18-6-7-22-14(18)20/h2-5,12H,6-9H2,1H3,(H2,16,17,24). The number of rotatable bonds is 4. The van der Waals surface area contributed by atoms with Crippen LogP contribution in [0.5, 0.6) is 0 Å². The van der Waals surface area contributed by atoms with Crippen molar-refractivity contribution in [2.75, 3.05) is 43.1 Å².